The molecule has 1 amide bonds. The number of benzene rings is 1. The van der Waals surface area contributed by atoms with Crippen LogP contribution < -0.4 is 0 Å². The number of likely N-dealkylation sites (N-methyl/N-ethyl adjacent to an activating group) is 1. The Hall–Kier alpha value is -2.34. The van der Waals surface area contributed by atoms with E-state index in [0.717, 1.165) is 18.4 Å². The molecule has 0 saturated carbocycles. The van der Waals surface area contributed by atoms with Gasteiger partial charge in [0.15, 0.2) is 0 Å². The molecule has 0 aliphatic rings. The molecule has 0 atom stereocenters. The lowest BCUT2D eigenvalue weighted by Crippen LogP contribution is -2.28. The standard InChI is InChI=1S/C17H19NO2/c1-4-7-14-10-12-15(13-11-14)8-5-6-9-16(19)17(20)18(2)3/h6,9-13H,4,7H2,1-3H3/b9-6+. The van der Waals surface area contributed by atoms with E-state index in [1.165, 1.54) is 36.7 Å². The first kappa shape index (κ1) is 15.7. The number of aryl methyl sites for hydroxylation is 1. The van der Waals surface area contributed by atoms with Crippen LogP contribution in [0.1, 0.15) is 24.5 Å². The van der Waals surface area contributed by atoms with E-state index < -0.39 is 11.7 Å². The molecule has 0 spiro atoms. The van der Waals surface area contributed by atoms with E-state index in [4.69, 9.17) is 0 Å². The molecule has 0 aliphatic heterocycles. The minimum Gasteiger partial charge on any atom is -0.342 e. The van der Waals surface area contributed by atoms with Crippen molar-refractivity contribution in [2.45, 2.75) is 19.8 Å². The van der Waals surface area contributed by atoms with Gasteiger partial charge in [0.25, 0.3) is 5.91 Å². The number of nitrogens with zero attached hydrogens (tertiary/aromatic N) is 1. The topological polar surface area (TPSA) is 37.4 Å². The van der Waals surface area contributed by atoms with Gasteiger partial charge in [-0.15, -0.1) is 0 Å². The van der Waals surface area contributed by atoms with Crippen LogP contribution in [0.15, 0.2) is 36.4 Å². The minimum absolute atomic E-state index is 0.549. The lowest BCUT2D eigenvalue weighted by atomic mass is 10.1. The third-order valence-electron chi connectivity index (χ3n) is 2.64. The monoisotopic (exact) mass is 269 g/mol. The van der Waals surface area contributed by atoms with Crippen molar-refractivity contribution in [3.05, 3.63) is 47.5 Å². The van der Waals surface area contributed by atoms with Gasteiger partial charge < -0.3 is 4.90 Å². The number of ketones is 1. The Morgan fingerprint density at radius 1 is 1.20 bits per heavy atom. The van der Waals surface area contributed by atoms with Crippen LogP contribution in [0.25, 0.3) is 0 Å². The van der Waals surface area contributed by atoms with Crippen molar-refractivity contribution >= 4 is 11.7 Å². The number of hydrogen-bond acceptors (Lipinski definition) is 2. The lowest BCUT2D eigenvalue weighted by Gasteiger charge is -2.05. The fourth-order valence-electron chi connectivity index (χ4n) is 1.58. The zero-order valence-electron chi connectivity index (χ0n) is 12.1. The van der Waals surface area contributed by atoms with Gasteiger partial charge in [0, 0.05) is 19.7 Å². The van der Waals surface area contributed by atoms with Crippen LogP contribution in [-0.2, 0) is 16.0 Å². The molecular weight excluding hydrogens is 250 g/mol. The molecule has 0 N–H and O–H groups in total. The first-order chi connectivity index (χ1) is 9.54. The van der Waals surface area contributed by atoms with Crippen LogP contribution in [0.5, 0.6) is 0 Å². The summed E-state index contributed by atoms with van der Waals surface area (Å²) in [5.74, 6) is 4.56. The quantitative estimate of drug-likeness (QED) is 0.477. The van der Waals surface area contributed by atoms with Gasteiger partial charge in [-0.3, -0.25) is 9.59 Å². The van der Waals surface area contributed by atoms with Gasteiger partial charge in [0.1, 0.15) is 0 Å². The number of rotatable bonds is 4. The maximum atomic E-state index is 11.4. The molecule has 0 heterocycles. The number of carbonyl (C=O) groups is 2. The zero-order chi connectivity index (χ0) is 15.0. The van der Waals surface area contributed by atoms with Gasteiger partial charge in [-0.25, -0.2) is 0 Å². The highest BCUT2D eigenvalue weighted by Gasteiger charge is 2.10. The molecule has 0 aliphatic carbocycles. The van der Waals surface area contributed by atoms with Crippen molar-refractivity contribution < 1.29 is 9.59 Å². The molecule has 3 heteroatoms. The molecule has 0 fully saturated rings. The second-order valence-electron chi connectivity index (χ2n) is 4.61. The summed E-state index contributed by atoms with van der Waals surface area (Å²) in [5, 5.41) is 0. The van der Waals surface area contributed by atoms with Crippen LogP contribution in [0, 0.1) is 11.8 Å². The molecule has 1 rings (SSSR count). The van der Waals surface area contributed by atoms with Gasteiger partial charge >= 0.3 is 0 Å². The number of carbonyl (C=O) groups excluding carboxylic acids is 2. The molecule has 3 nitrogen and oxygen atoms in total. The molecular formula is C17H19NO2. The van der Waals surface area contributed by atoms with Gasteiger partial charge in [-0.05, 0) is 36.3 Å². The van der Waals surface area contributed by atoms with Gasteiger partial charge in [-0.2, -0.15) is 0 Å². The molecule has 0 aromatic heterocycles. The fourth-order valence-corrected chi connectivity index (χ4v) is 1.58. The second-order valence-corrected chi connectivity index (χ2v) is 4.61. The Balaban J connectivity index is 2.62. The summed E-state index contributed by atoms with van der Waals surface area (Å²) in [6.45, 7) is 2.14. The van der Waals surface area contributed by atoms with E-state index in [1.807, 2.05) is 12.1 Å². The zero-order valence-corrected chi connectivity index (χ0v) is 12.1. The predicted octanol–water partition coefficient (Wildman–Crippen LogP) is 2.20. The van der Waals surface area contributed by atoms with E-state index in [2.05, 4.69) is 30.9 Å². The average molecular weight is 269 g/mol. The Kier molecular flexibility index (Phi) is 6.25. The maximum absolute atomic E-state index is 11.4. The number of hydrogen-bond donors (Lipinski definition) is 0. The number of amides is 1. The molecule has 0 radical (unpaired) electrons. The summed E-state index contributed by atoms with van der Waals surface area (Å²) in [6, 6.07) is 8.02. The van der Waals surface area contributed by atoms with Crippen molar-refractivity contribution in [1.29, 1.82) is 0 Å². The van der Waals surface area contributed by atoms with E-state index >= 15 is 0 Å². The summed E-state index contributed by atoms with van der Waals surface area (Å²) >= 11 is 0. The Morgan fingerprint density at radius 2 is 1.85 bits per heavy atom. The average Bonchev–Trinajstić information content (AvgIpc) is 2.44. The predicted molar refractivity (Wildman–Crippen MR) is 80.2 cm³/mol. The highest BCUT2D eigenvalue weighted by molar-refractivity contribution is 6.40. The molecule has 0 bridgehead atoms. The first-order valence-electron chi connectivity index (χ1n) is 6.57. The normalized spacial score (nSPS) is 9.95. The number of allylic oxidation sites excluding steroid dienone is 1. The molecule has 104 valence electrons. The second kappa shape index (κ2) is 7.96. The van der Waals surface area contributed by atoms with Crippen molar-refractivity contribution in [3.63, 3.8) is 0 Å². The largest absolute Gasteiger partial charge is 0.342 e. The Labute approximate surface area is 120 Å². The summed E-state index contributed by atoms with van der Waals surface area (Å²) < 4.78 is 0. The molecule has 1 aromatic carbocycles. The van der Waals surface area contributed by atoms with Crippen molar-refractivity contribution in [1.82, 2.24) is 4.90 Å². The highest BCUT2D eigenvalue weighted by Crippen LogP contribution is 2.05. The SMILES string of the molecule is CCCc1ccc(C#C/C=C/C(=O)C(=O)N(C)C)cc1. The van der Waals surface area contributed by atoms with E-state index in [0.29, 0.717) is 0 Å². The maximum Gasteiger partial charge on any atom is 0.293 e. The van der Waals surface area contributed by atoms with Gasteiger partial charge in [0.05, 0.1) is 0 Å². The molecule has 1 aromatic rings. The highest BCUT2D eigenvalue weighted by atomic mass is 16.2. The van der Waals surface area contributed by atoms with Crippen LogP contribution >= 0.6 is 0 Å². The third-order valence-corrected chi connectivity index (χ3v) is 2.64. The summed E-state index contributed by atoms with van der Waals surface area (Å²) in [4.78, 5) is 23.9. The first-order valence-corrected chi connectivity index (χ1v) is 6.57. The molecule has 0 unspecified atom stereocenters. The fraction of sp³-hybridized carbons (Fsp3) is 0.294. The van der Waals surface area contributed by atoms with Crippen molar-refractivity contribution in [2.24, 2.45) is 0 Å². The van der Waals surface area contributed by atoms with Crippen molar-refractivity contribution in [2.75, 3.05) is 14.1 Å². The van der Waals surface area contributed by atoms with Crippen LogP contribution in [0.2, 0.25) is 0 Å². The summed E-state index contributed by atoms with van der Waals surface area (Å²) in [7, 11) is 3.08. The van der Waals surface area contributed by atoms with Gasteiger partial charge in [-0.1, -0.05) is 37.3 Å². The summed E-state index contributed by atoms with van der Waals surface area (Å²) in [5.41, 5.74) is 2.18. The van der Waals surface area contributed by atoms with Crippen LogP contribution in [-0.4, -0.2) is 30.7 Å². The summed E-state index contributed by atoms with van der Waals surface area (Å²) in [6.07, 6.45) is 4.79. The van der Waals surface area contributed by atoms with Gasteiger partial charge in [0.2, 0.25) is 5.78 Å². The lowest BCUT2D eigenvalue weighted by molar-refractivity contribution is -0.140. The Bertz CT molecular complexity index is 557. The van der Waals surface area contributed by atoms with E-state index in [-0.39, 0.29) is 0 Å². The minimum atomic E-state index is -0.567. The smallest absolute Gasteiger partial charge is 0.293 e. The Morgan fingerprint density at radius 3 is 2.40 bits per heavy atom. The van der Waals surface area contributed by atoms with Crippen LogP contribution in [0.4, 0.5) is 0 Å². The van der Waals surface area contributed by atoms with E-state index in [1.54, 1.807) is 0 Å². The third kappa shape index (κ3) is 5.11. The van der Waals surface area contributed by atoms with E-state index in [9.17, 15) is 9.59 Å². The molecule has 0 saturated heterocycles. The molecule has 20 heavy (non-hydrogen) atoms. The van der Waals surface area contributed by atoms with Crippen LogP contribution in [0.3, 0.4) is 0 Å². The van der Waals surface area contributed by atoms with Crippen molar-refractivity contribution in [3.8, 4) is 11.8 Å².